The summed E-state index contributed by atoms with van der Waals surface area (Å²) in [6.07, 6.45) is -2.53. The number of nitrogens with one attached hydrogen (secondary N) is 13. The molecule has 0 aromatic heterocycles. The van der Waals surface area contributed by atoms with Crippen molar-refractivity contribution in [1.29, 1.82) is 0 Å². The van der Waals surface area contributed by atoms with Gasteiger partial charge in [-0.05, 0) is 75.9 Å². The fourth-order valence-corrected chi connectivity index (χ4v) is 15.6. The van der Waals surface area contributed by atoms with Crippen LogP contribution in [0.4, 0.5) is 0 Å². The van der Waals surface area contributed by atoms with Gasteiger partial charge in [0.15, 0.2) is 0 Å². The molecule has 47 heteroatoms. The number of aliphatic carboxylic acids is 2. The molecule has 1 aromatic rings. The van der Waals surface area contributed by atoms with Gasteiger partial charge >= 0.3 is 11.9 Å². The topological polar surface area (TPSA) is 644 Å². The summed E-state index contributed by atoms with van der Waals surface area (Å²) in [6, 6.07) is -12.2. The van der Waals surface area contributed by atoms with E-state index in [1.807, 2.05) is 0 Å². The minimum absolute atomic E-state index is 0.0131. The highest BCUT2D eigenvalue weighted by molar-refractivity contribution is 7.99. The van der Waals surface area contributed by atoms with Crippen molar-refractivity contribution < 1.29 is 116 Å². The number of carboxylic acid groups (broad SMARTS) is 2. The van der Waals surface area contributed by atoms with Crippen LogP contribution in [0.1, 0.15) is 104 Å². The summed E-state index contributed by atoms with van der Waals surface area (Å²) in [5, 5.41) is 72.2. The van der Waals surface area contributed by atoms with Crippen molar-refractivity contribution in [2.75, 3.05) is 99.4 Å². The molecule has 0 aliphatic carbocycles. The first-order valence-corrected chi connectivity index (χ1v) is 43.3. The van der Waals surface area contributed by atoms with Crippen LogP contribution in [0.5, 0.6) is 0 Å². The molecule has 0 unspecified atom stereocenters. The quantitative estimate of drug-likeness (QED) is 0.0576. The van der Waals surface area contributed by atoms with Crippen LogP contribution < -0.4 is 80.6 Å². The molecule has 4 saturated heterocycles. The van der Waals surface area contributed by atoms with Gasteiger partial charge in [-0.1, -0.05) is 44.2 Å². The number of benzene rings is 1. The van der Waals surface area contributed by atoms with Gasteiger partial charge in [0.2, 0.25) is 106 Å². The van der Waals surface area contributed by atoms with E-state index in [-0.39, 0.29) is 91.9 Å². The third kappa shape index (κ3) is 33.9. The van der Waals surface area contributed by atoms with Crippen LogP contribution in [0.3, 0.4) is 0 Å². The van der Waals surface area contributed by atoms with Crippen molar-refractivity contribution in [3.63, 3.8) is 0 Å². The van der Waals surface area contributed by atoms with Crippen molar-refractivity contribution in [2.24, 2.45) is 17.4 Å². The predicted molar refractivity (Wildman–Crippen MR) is 432 cm³/mol. The normalized spacial score (nSPS) is 25.5. The number of hydrogen-bond donors (Lipinski definition) is 19. The lowest BCUT2D eigenvalue weighted by Crippen LogP contribution is -2.61. The van der Waals surface area contributed by atoms with E-state index in [9.17, 15) is 116 Å². The van der Waals surface area contributed by atoms with Gasteiger partial charge < -0.3 is 121 Å². The number of hydrogen-bond acceptors (Lipinski definition) is 27. The Morgan fingerprint density at radius 3 is 1.55 bits per heavy atom. The van der Waals surface area contributed by atoms with Crippen LogP contribution in [0.25, 0.3) is 0 Å². The average molecular weight is 1750 g/mol. The Labute approximate surface area is 702 Å². The molecule has 0 spiro atoms. The third-order valence-corrected chi connectivity index (χ3v) is 22.6. The fraction of sp³-hybridized carbons (Fsp3) is 0.639. The zero-order chi connectivity index (χ0) is 88.2. The maximum absolute atomic E-state index is 14.9. The van der Waals surface area contributed by atoms with E-state index in [0.29, 0.717) is 5.56 Å². The van der Waals surface area contributed by atoms with Crippen molar-refractivity contribution in [3.05, 3.63) is 35.9 Å². The number of rotatable bonds is 20. The van der Waals surface area contributed by atoms with E-state index >= 15 is 0 Å². The Kier molecular flexibility index (Phi) is 42.4. The van der Waals surface area contributed by atoms with Gasteiger partial charge in [-0.25, -0.2) is 0 Å². The van der Waals surface area contributed by atoms with E-state index in [4.69, 9.17) is 11.5 Å². The molecule has 5 rings (SSSR count). The number of fused-ring (bicyclic) bond motifs is 8. The summed E-state index contributed by atoms with van der Waals surface area (Å²) in [4.78, 5) is 282. The first-order valence-electron chi connectivity index (χ1n) is 38.4. The lowest BCUT2D eigenvalue weighted by atomic mass is 10.0. The zero-order valence-electron chi connectivity index (χ0n) is 66.6. The van der Waals surface area contributed by atoms with Crippen molar-refractivity contribution in [1.82, 2.24) is 88.7 Å². The maximum atomic E-state index is 14.9. The van der Waals surface area contributed by atoms with Gasteiger partial charge in [-0.3, -0.25) is 95.9 Å². The van der Waals surface area contributed by atoms with E-state index < -0.39 is 281 Å². The molecule has 21 N–H and O–H groups in total. The van der Waals surface area contributed by atoms with Crippen LogP contribution in [0.15, 0.2) is 30.3 Å². The Bertz CT molecular complexity index is 3800. The highest BCUT2D eigenvalue weighted by Crippen LogP contribution is 2.23. The molecule has 1 aromatic carbocycles. The number of aliphatic hydroxyl groups is 2. The van der Waals surface area contributed by atoms with E-state index in [1.165, 1.54) is 30.5 Å². The number of nitrogens with two attached hydrogens (primary N) is 2. The lowest BCUT2D eigenvalue weighted by molar-refractivity contribution is -0.158. The van der Waals surface area contributed by atoms with E-state index in [2.05, 4.69) is 69.1 Å². The highest BCUT2D eigenvalue weighted by Gasteiger charge is 2.42. The second-order valence-corrected chi connectivity index (χ2v) is 33.2. The molecule has 13 atom stereocenters. The second kappa shape index (κ2) is 50.7. The Morgan fingerprint density at radius 2 is 1.02 bits per heavy atom. The summed E-state index contributed by atoms with van der Waals surface area (Å²) in [6.45, 7) is 0.508. The van der Waals surface area contributed by atoms with Crippen LogP contribution in [0.2, 0.25) is 0 Å². The Morgan fingerprint density at radius 1 is 0.546 bits per heavy atom. The van der Waals surface area contributed by atoms with Crippen molar-refractivity contribution in [3.8, 4) is 0 Å². The highest BCUT2D eigenvalue weighted by atomic mass is 32.2. The number of aliphatic hydroxyl groups excluding tert-OH is 2. The third-order valence-electron chi connectivity index (χ3n) is 18.8. The minimum Gasteiger partial charge on any atom is -0.481 e. The van der Waals surface area contributed by atoms with E-state index in [0.717, 1.165) is 50.0 Å². The SMILES string of the molecule is CSCC[C@@H]1NC(=O)[C@H](Cc2ccccc2)NC(=O)CNC(=O)[C@@H](NC(=O)[C@H](C)N)CSCCC(=O)N2CN3CN(C2)C(=O)CCSC[C@H](NC(=O)[C@@H]2CCCN2C(=O)[C@H](CCC(=O)O)NC(=O)[C@H](CC(C)C)NC(=O)CNC1=O)C(=O)N[C@@H](CCC(=O)O)C(=O)N[C@@H](CO)C(=O)N[C@@H](CO)C(=O)N[C@H](C(=O)N[C@@H](C)C(N)=O)CSCCC3=O. The summed E-state index contributed by atoms with van der Waals surface area (Å²) in [5.41, 5.74) is 11.8. The molecule has 4 bridgehead atoms. The molecule has 4 heterocycles. The molecule has 0 radical (unpaired) electrons. The number of amides is 18. The molecular formula is C72H109N19O24S4. The van der Waals surface area contributed by atoms with Crippen LogP contribution in [0, 0.1) is 5.92 Å². The lowest BCUT2D eigenvalue weighted by Gasteiger charge is -2.42. The Hall–Kier alpha value is -10.1. The standard InChI is InChI=1S/C72H109N19O24S4/c1-38(2)26-45-65(108)82-44(14-16-59(101)102)72(115)91-21-9-12-52(91)71(114)87-51-34-119-25-20-57(98)90-36-88(35-89(37-90)56(97)19-24-118-33-50(69(112)77-40(4)60(74)103)86-68(111)48(31-93)84-67(110)47(30-92)83-64(107)42(80-70(51)113)13-15-58(99)100)55(96)18-23-117-32-49(85-61(104)39(3)73)63(106)76-29-54(95)79-46(27-41-10-7-6-8-11-41)66(109)81-43(17-22-116-5)62(105)75-28-53(94)78-45/h6-8,10-11,38-40,42-52,92-93H,9,12-37,73H2,1-5H3,(H2,74,103)(H,75,105)(H,76,106)(H,77,112)(H,78,94)(H,79,95)(H,80,113)(H,81,109)(H,82,108)(H,83,107)(H,84,110)(H,85,104)(H,86,111)(H,87,114)(H,99,100)(H,101,102)/t39-,40-,42-,43-,44-,45-,46-,47-,48-,49-,50-,51-,52-/m0/s1. The summed E-state index contributed by atoms with van der Waals surface area (Å²) >= 11 is 4.08. The first kappa shape index (κ1) is 99.5. The number of carboxylic acids is 2. The van der Waals surface area contributed by atoms with Gasteiger partial charge in [-0.2, -0.15) is 47.0 Å². The number of carbonyl (C=O) groups is 20. The molecule has 0 saturated carbocycles. The number of primary amides is 1. The van der Waals surface area contributed by atoms with Crippen LogP contribution >= 0.6 is 47.0 Å². The first-order chi connectivity index (χ1) is 56.4. The monoisotopic (exact) mass is 1750 g/mol. The summed E-state index contributed by atoms with van der Waals surface area (Å²) < 4.78 is 0. The summed E-state index contributed by atoms with van der Waals surface area (Å²) in [5.74, 6) is -21.9. The fourth-order valence-electron chi connectivity index (χ4n) is 12.2. The predicted octanol–water partition coefficient (Wildman–Crippen LogP) is -8.08. The summed E-state index contributed by atoms with van der Waals surface area (Å²) in [7, 11) is 0. The number of nitrogens with zero attached hydrogens (tertiary/aromatic N) is 4. The zero-order valence-corrected chi connectivity index (χ0v) is 69.9. The molecule has 660 valence electrons. The number of thioether (sulfide) groups is 4. The molecule has 43 nitrogen and oxygen atoms in total. The van der Waals surface area contributed by atoms with Crippen molar-refractivity contribution in [2.45, 2.75) is 183 Å². The molecule has 4 aliphatic heterocycles. The molecule has 4 aliphatic rings. The smallest absolute Gasteiger partial charge is 0.303 e. The van der Waals surface area contributed by atoms with Gasteiger partial charge in [0.25, 0.3) is 0 Å². The maximum Gasteiger partial charge on any atom is 0.303 e. The second-order valence-electron chi connectivity index (χ2n) is 28.8. The molecule has 119 heavy (non-hydrogen) atoms. The van der Waals surface area contributed by atoms with Gasteiger partial charge in [-0.15, -0.1) is 0 Å². The average Bonchev–Trinajstić information content (AvgIpc) is 1.64. The molecule has 18 amide bonds. The van der Waals surface area contributed by atoms with Crippen LogP contribution in [-0.4, -0.2) is 336 Å². The minimum atomic E-state index is -2.03. The van der Waals surface area contributed by atoms with Gasteiger partial charge in [0.05, 0.1) is 52.4 Å². The van der Waals surface area contributed by atoms with E-state index in [1.54, 1.807) is 50.4 Å². The van der Waals surface area contributed by atoms with Crippen LogP contribution in [-0.2, 0) is 102 Å². The van der Waals surface area contributed by atoms with Crippen molar-refractivity contribution >= 4 is 165 Å². The van der Waals surface area contributed by atoms with Gasteiger partial charge in [0.1, 0.15) is 72.5 Å². The van der Waals surface area contributed by atoms with Gasteiger partial charge in [0, 0.05) is 79.6 Å². The largest absolute Gasteiger partial charge is 0.481 e. The molecule has 4 fully saturated rings. The number of carbonyl (C=O) groups excluding carboxylic acids is 18. The Balaban J connectivity index is 1.62. The molecular weight excluding hydrogens is 1640 g/mol.